The molecule has 1 heterocycles. The number of ether oxygens (including phenoxy) is 1. The molecule has 1 atom stereocenters. The topological polar surface area (TPSA) is 21.3 Å². The summed E-state index contributed by atoms with van der Waals surface area (Å²) in [5, 5.41) is 4.06. The van der Waals surface area contributed by atoms with E-state index in [1.54, 1.807) is 0 Å². The Morgan fingerprint density at radius 2 is 2.08 bits per heavy atom. The Labute approximate surface area is 82.9 Å². The van der Waals surface area contributed by atoms with Crippen molar-refractivity contribution in [3.63, 3.8) is 0 Å². The Hall–Kier alpha value is -0.570. The summed E-state index contributed by atoms with van der Waals surface area (Å²) in [7, 11) is 0. The van der Waals surface area contributed by atoms with Crippen LogP contribution in [-0.4, -0.2) is 13.2 Å². The normalized spacial score (nSPS) is 27.8. The monoisotopic (exact) mass is 197 g/mol. The number of hydrogen-bond donors (Lipinski definition) is 1. The molecule has 0 radical (unpaired) electrons. The number of benzene rings is 1. The molecule has 1 saturated heterocycles. The molecule has 0 spiro atoms. The minimum Gasteiger partial charge on any atom is -0.355 e. The van der Waals surface area contributed by atoms with E-state index in [0.717, 1.165) is 23.7 Å². The van der Waals surface area contributed by atoms with Crippen LogP contribution >= 0.6 is 11.6 Å². The van der Waals surface area contributed by atoms with E-state index in [2.05, 4.69) is 5.32 Å². The summed E-state index contributed by atoms with van der Waals surface area (Å²) >= 11 is 5.80. The van der Waals surface area contributed by atoms with Crippen molar-refractivity contribution >= 4 is 11.6 Å². The van der Waals surface area contributed by atoms with Gasteiger partial charge in [0.1, 0.15) is 5.72 Å². The van der Waals surface area contributed by atoms with Crippen LogP contribution < -0.4 is 5.32 Å². The number of rotatable bonds is 1. The highest BCUT2D eigenvalue weighted by molar-refractivity contribution is 6.30. The van der Waals surface area contributed by atoms with E-state index in [0.29, 0.717) is 0 Å². The molecule has 1 unspecified atom stereocenters. The van der Waals surface area contributed by atoms with Gasteiger partial charge in [0.15, 0.2) is 0 Å². The fraction of sp³-hybridized carbons (Fsp3) is 0.400. The highest BCUT2D eigenvalue weighted by atomic mass is 35.5. The third-order valence-corrected chi connectivity index (χ3v) is 2.60. The van der Waals surface area contributed by atoms with E-state index in [1.165, 1.54) is 0 Å². The van der Waals surface area contributed by atoms with Crippen LogP contribution in [0.1, 0.15) is 12.5 Å². The van der Waals surface area contributed by atoms with E-state index < -0.39 is 0 Å². The molecular formula is C10H12ClNO. The SMILES string of the molecule is CC1(c2ccc(Cl)cc2)NCCO1. The Balaban J connectivity index is 2.29. The first-order valence-corrected chi connectivity index (χ1v) is 4.73. The zero-order chi connectivity index (χ0) is 9.31. The molecule has 1 aromatic carbocycles. The third-order valence-electron chi connectivity index (χ3n) is 2.35. The largest absolute Gasteiger partial charge is 0.355 e. The van der Waals surface area contributed by atoms with Crippen LogP contribution in [0.5, 0.6) is 0 Å². The van der Waals surface area contributed by atoms with Crippen molar-refractivity contribution in [3.8, 4) is 0 Å². The van der Waals surface area contributed by atoms with Crippen molar-refractivity contribution in [2.24, 2.45) is 0 Å². The van der Waals surface area contributed by atoms with Crippen LogP contribution in [0, 0.1) is 0 Å². The quantitative estimate of drug-likeness (QED) is 0.745. The Bertz CT molecular complexity index is 290. The first kappa shape index (κ1) is 9.00. The summed E-state index contributed by atoms with van der Waals surface area (Å²) in [5.41, 5.74) is 0.791. The van der Waals surface area contributed by atoms with Gasteiger partial charge in [-0.05, 0) is 24.6 Å². The molecule has 3 heteroatoms. The van der Waals surface area contributed by atoms with E-state index >= 15 is 0 Å². The fourth-order valence-electron chi connectivity index (χ4n) is 1.55. The van der Waals surface area contributed by atoms with E-state index in [-0.39, 0.29) is 5.72 Å². The summed E-state index contributed by atoms with van der Waals surface area (Å²) in [6.45, 7) is 3.70. The summed E-state index contributed by atoms with van der Waals surface area (Å²) in [5.74, 6) is 0. The van der Waals surface area contributed by atoms with E-state index in [1.807, 2.05) is 31.2 Å². The van der Waals surface area contributed by atoms with Crippen LogP contribution in [0.2, 0.25) is 5.02 Å². The zero-order valence-electron chi connectivity index (χ0n) is 7.51. The Morgan fingerprint density at radius 3 is 2.62 bits per heavy atom. The van der Waals surface area contributed by atoms with Crippen LogP contribution in [-0.2, 0) is 10.5 Å². The molecule has 0 saturated carbocycles. The molecule has 1 aromatic rings. The second kappa shape index (κ2) is 3.29. The molecule has 1 aliphatic rings. The lowest BCUT2D eigenvalue weighted by Crippen LogP contribution is -2.34. The average molecular weight is 198 g/mol. The molecule has 13 heavy (non-hydrogen) atoms. The van der Waals surface area contributed by atoms with Crippen molar-refractivity contribution in [1.29, 1.82) is 0 Å². The molecule has 2 rings (SSSR count). The molecule has 70 valence electrons. The number of halogens is 1. The van der Waals surface area contributed by atoms with Gasteiger partial charge in [-0.3, -0.25) is 5.32 Å². The van der Waals surface area contributed by atoms with E-state index in [9.17, 15) is 0 Å². The van der Waals surface area contributed by atoms with Crippen LogP contribution in [0.25, 0.3) is 0 Å². The molecule has 2 nitrogen and oxygen atoms in total. The molecule has 1 N–H and O–H groups in total. The van der Waals surface area contributed by atoms with Gasteiger partial charge in [0.2, 0.25) is 0 Å². The van der Waals surface area contributed by atoms with Crippen molar-refractivity contribution in [1.82, 2.24) is 5.32 Å². The molecule has 0 aliphatic carbocycles. The maximum atomic E-state index is 5.80. The minimum atomic E-state index is -0.329. The van der Waals surface area contributed by atoms with Crippen molar-refractivity contribution in [3.05, 3.63) is 34.9 Å². The third kappa shape index (κ3) is 1.70. The van der Waals surface area contributed by atoms with Gasteiger partial charge in [-0.25, -0.2) is 0 Å². The lowest BCUT2D eigenvalue weighted by molar-refractivity contribution is 0.00248. The van der Waals surface area contributed by atoms with Gasteiger partial charge in [0.25, 0.3) is 0 Å². The summed E-state index contributed by atoms with van der Waals surface area (Å²) < 4.78 is 5.61. The van der Waals surface area contributed by atoms with Crippen LogP contribution in [0.4, 0.5) is 0 Å². The zero-order valence-corrected chi connectivity index (χ0v) is 8.27. The molecule has 0 aromatic heterocycles. The Kier molecular flexibility index (Phi) is 2.28. The lowest BCUT2D eigenvalue weighted by Gasteiger charge is -2.23. The first-order chi connectivity index (χ1) is 6.21. The molecule has 0 amide bonds. The molecule has 1 aliphatic heterocycles. The predicted octanol–water partition coefficient (Wildman–Crippen LogP) is 2.13. The van der Waals surface area contributed by atoms with Gasteiger partial charge in [-0.2, -0.15) is 0 Å². The van der Waals surface area contributed by atoms with Gasteiger partial charge < -0.3 is 4.74 Å². The highest BCUT2D eigenvalue weighted by Gasteiger charge is 2.30. The highest BCUT2D eigenvalue weighted by Crippen LogP contribution is 2.26. The van der Waals surface area contributed by atoms with E-state index in [4.69, 9.17) is 16.3 Å². The number of nitrogens with one attached hydrogen (secondary N) is 1. The maximum absolute atomic E-state index is 5.80. The van der Waals surface area contributed by atoms with Crippen molar-refractivity contribution < 1.29 is 4.74 Å². The predicted molar refractivity (Wildman–Crippen MR) is 52.8 cm³/mol. The number of hydrogen-bond acceptors (Lipinski definition) is 2. The minimum absolute atomic E-state index is 0.329. The summed E-state index contributed by atoms with van der Waals surface area (Å²) in [6.07, 6.45) is 0. The molecule has 1 fully saturated rings. The lowest BCUT2D eigenvalue weighted by atomic mass is 10.1. The van der Waals surface area contributed by atoms with Gasteiger partial charge in [0.05, 0.1) is 6.61 Å². The second-order valence-electron chi connectivity index (χ2n) is 3.32. The van der Waals surface area contributed by atoms with Crippen molar-refractivity contribution in [2.45, 2.75) is 12.6 Å². The van der Waals surface area contributed by atoms with Crippen LogP contribution in [0.15, 0.2) is 24.3 Å². The Morgan fingerprint density at radius 1 is 1.38 bits per heavy atom. The smallest absolute Gasteiger partial charge is 0.142 e. The molecule has 0 bridgehead atoms. The van der Waals surface area contributed by atoms with Crippen molar-refractivity contribution in [2.75, 3.05) is 13.2 Å². The summed E-state index contributed by atoms with van der Waals surface area (Å²) in [6, 6.07) is 7.73. The summed E-state index contributed by atoms with van der Waals surface area (Å²) in [4.78, 5) is 0. The van der Waals surface area contributed by atoms with Gasteiger partial charge in [-0.15, -0.1) is 0 Å². The van der Waals surface area contributed by atoms with Crippen LogP contribution in [0.3, 0.4) is 0 Å². The fourth-order valence-corrected chi connectivity index (χ4v) is 1.68. The van der Waals surface area contributed by atoms with Gasteiger partial charge in [0, 0.05) is 11.6 Å². The average Bonchev–Trinajstić information content (AvgIpc) is 2.54. The second-order valence-corrected chi connectivity index (χ2v) is 3.75. The van der Waals surface area contributed by atoms with Gasteiger partial charge >= 0.3 is 0 Å². The maximum Gasteiger partial charge on any atom is 0.142 e. The standard InChI is InChI=1S/C10H12ClNO/c1-10(12-6-7-13-10)8-2-4-9(11)5-3-8/h2-5,12H,6-7H2,1H3. The molecular weight excluding hydrogens is 186 g/mol. The first-order valence-electron chi connectivity index (χ1n) is 4.36. The van der Waals surface area contributed by atoms with Gasteiger partial charge in [-0.1, -0.05) is 23.7 Å².